The van der Waals surface area contributed by atoms with Crippen molar-refractivity contribution in [1.82, 2.24) is 10.6 Å². The van der Waals surface area contributed by atoms with Gasteiger partial charge in [-0.15, -0.1) is 0 Å². The lowest BCUT2D eigenvalue weighted by molar-refractivity contribution is -0.173. The van der Waals surface area contributed by atoms with Gasteiger partial charge in [0.25, 0.3) is 0 Å². The SMILES string of the molecule is C=CC(=O)NCC(C)OC(=O)C(=O)OC(C)CNC(=O)C=C. The second kappa shape index (κ2) is 10.1. The standard InChI is InChI=1S/C14H20N2O6/c1-5-11(17)15-7-9(3)21-13(19)14(20)22-10(4)8-16-12(18)6-2/h5-6,9-10H,1-2,7-8H2,3-4H3,(H,15,17)(H,16,18). The first-order valence-electron chi connectivity index (χ1n) is 6.52. The van der Waals surface area contributed by atoms with Gasteiger partial charge in [0.1, 0.15) is 12.2 Å². The lowest BCUT2D eigenvalue weighted by Gasteiger charge is -2.15. The maximum atomic E-state index is 11.5. The Hall–Kier alpha value is -2.64. The molecule has 8 nitrogen and oxygen atoms in total. The first kappa shape index (κ1) is 19.4. The van der Waals surface area contributed by atoms with Gasteiger partial charge in [-0.25, -0.2) is 9.59 Å². The van der Waals surface area contributed by atoms with E-state index in [2.05, 4.69) is 23.8 Å². The summed E-state index contributed by atoms with van der Waals surface area (Å²) in [6, 6.07) is 0. The van der Waals surface area contributed by atoms with Crippen LogP contribution in [0.3, 0.4) is 0 Å². The molecule has 0 spiro atoms. The topological polar surface area (TPSA) is 111 Å². The van der Waals surface area contributed by atoms with Crippen LogP contribution in [0.1, 0.15) is 13.8 Å². The highest BCUT2D eigenvalue weighted by molar-refractivity contribution is 6.29. The average molecular weight is 312 g/mol. The summed E-state index contributed by atoms with van der Waals surface area (Å²) in [4.78, 5) is 44.8. The molecule has 0 heterocycles. The van der Waals surface area contributed by atoms with E-state index in [9.17, 15) is 19.2 Å². The van der Waals surface area contributed by atoms with Gasteiger partial charge in [0.15, 0.2) is 0 Å². The maximum Gasteiger partial charge on any atom is 0.417 e. The predicted octanol–water partition coefficient (Wildman–Crippen LogP) is -0.546. The molecule has 0 aliphatic rings. The number of nitrogens with one attached hydrogen (secondary N) is 2. The Kier molecular flexibility index (Phi) is 8.92. The minimum atomic E-state index is -1.18. The third-order valence-electron chi connectivity index (χ3n) is 2.28. The van der Waals surface area contributed by atoms with E-state index in [1.807, 2.05) is 0 Å². The van der Waals surface area contributed by atoms with Crippen LogP contribution in [0, 0.1) is 0 Å². The molecule has 22 heavy (non-hydrogen) atoms. The molecule has 2 atom stereocenters. The van der Waals surface area contributed by atoms with Crippen molar-refractivity contribution in [3.05, 3.63) is 25.3 Å². The van der Waals surface area contributed by atoms with E-state index in [0.717, 1.165) is 12.2 Å². The van der Waals surface area contributed by atoms with E-state index in [-0.39, 0.29) is 13.1 Å². The van der Waals surface area contributed by atoms with E-state index in [1.54, 1.807) is 0 Å². The van der Waals surface area contributed by atoms with Gasteiger partial charge in [0, 0.05) is 0 Å². The van der Waals surface area contributed by atoms with Gasteiger partial charge in [-0.3, -0.25) is 9.59 Å². The van der Waals surface area contributed by atoms with Crippen LogP contribution in [0.2, 0.25) is 0 Å². The minimum Gasteiger partial charge on any atom is -0.452 e. The number of ether oxygens (including phenoxy) is 2. The third kappa shape index (κ3) is 8.51. The fraction of sp³-hybridized carbons (Fsp3) is 0.429. The Bertz CT molecular complexity index is 418. The highest BCUT2D eigenvalue weighted by atomic mass is 16.6. The van der Waals surface area contributed by atoms with Crippen molar-refractivity contribution in [1.29, 1.82) is 0 Å². The van der Waals surface area contributed by atoms with Crippen molar-refractivity contribution in [3.63, 3.8) is 0 Å². The molecule has 0 aromatic carbocycles. The molecule has 0 aromatic rings. The number of hydrogen-bond acceptors (Lipinski definition) is 6. The van der Waals surface area contributed by atoms with E-state index < -0.39 is 36.0 Å². The molecule has 0 fully saturated rings. The summed E-state index contributed by atoms with van der Waals surface area (Å²) in [5, 5.41) is 4.83. The Morgan fingerprint density at radius 2 is 1.18 bits per heavy atom. The molecule has 0 rings (SSSR count). The van der Waals surface area contributed by atoms with Gasteiger partial charge >= 0.3 is 11.9 Å². The number of esters is 2. The van der Waals surface area contributed by atoms with Crippen LogP contribution in [-0.4, -0.2) is 49.1 Å². The number of amides is 2. The van der Waals surface area contributed by atoms with E-state index in [0.29, 0.717) is 0 Å². The van der Waals surface area contributed by atoms with Gasteiger partial charge in [0.05, 0.1) is 13.1 Å². The van der Waals surface area contributed by atoms with E-state index >= 15 is 0 Å². The quantitative estimate of drug-likeness (QED) is 0.353. The summed E-state index contributed by atoms with van der Waals surface area (Å²) in [6.07, 6.45) is 0.726. The van der Waals surface area contributed by atoms with Crippen LogP contribution in [-0.2, 0) is 28.7 Å². The first-order chi connectivity index (χ1) is 10.3. The molecule has 122 valence electrons. The minimum absolute atomic E-state index is 0.0365. The molecule has 0 saturated heterocycles. The Labute approximate surface area is 128 Å². The van der Waals surface area contributed by atoms with Crippen LogP contribution in [0.25, 0.3) is 0 Å². The Balaban J connectivity index is 4.12. The molecule has 2 unspecified atom stereocenters. The molecule has 2 amide bonds. The number of hydrogen-bond donors (Lipinski definition) is 2. The van der Waals surface area contributed by atoms with Crippen LogP contribution in [0.15, 0.2) is 25.3 Å². The Morgan fingerprint density at radius 3 is 1.45 bits per heavy atom. The van der Waals surface area contributed by atoms with Crippen molar-refractivity contribution >= 4 is 23.8 Å². The van der Waals surface area contributed by atoms with Gasteiger partial charge in [-0.1, -0.05) is 13.2 Å². The average Bonchev–Trinajstić information content (AvgIpc) is 2.49. The van der Waals surface area contributed by atoms with Gasteiger partial charge in [-0.2, -0.15) is 0 Å². The molecule has 0 aliphatic heterocycles. The summed E-state index contributed by atoms with van der Waals surface area (Å²) in [6.45, 7) is 9.61. The van der Waals surface area contributed by atoms with Crippen LogP contribution in [0.5, 0.6) is 0 Å². The molecular weight excluding hydrogens is 292 g/mol. The molecular formula is C14H20N2O6. The second-order valence-electron chi connectivity index (χ2n) is 4.33. The zero-order valence-electron chi connectivity index (χ0n) is 12.6. The van der Waals surface area contributed by atoms with Gasteiger partial charge in [0.2, 0.25) is 11.8 Å². The van der Waals surface area contributed by atoms with E-state index in [4.69, 9.17) is 9.47 Å². The lowest BCUT2D eigenvalue weighted by atomic mass is 10.4. The maximum absolute atomic E-state index is 11.5. The molecule has 8 heteroatoms. The van der Waals surface area contributed by atoms with Crippen LogP contribution >= 0.6 is 0 Å². The summed E-state index contributed by atoms with van der Waals surface area (Å²) < 4.78 is 9.58. The highest BCUT2D eigenvalue weighted by Gasteiger charge is 2.22. The fourth-order valence-corrected chi connectivity index (χ4v) is 1.18. The highest BCUT2D eigenvalue weighted by Crippen LogP contribution is 1.96. The molecule has 2 N–H and O–H groups in total. The van der Waals surface area contributed by atoms with Crippen LogP contribution in [0.4, 0.5) is 0 Å². The zero-order chi connectivity index (χ0) is 17.1. The Morgan fingerprint density at radius 1 is 0.864 bits per heavy atom. The molecule has 0 radical (unpaired) electrons. The smallest absolute Gasteiger partial charge is 0.417 e. The first-order valence-corrected chi connectivity index (χ1v) is 6.52. The fourth-order valence-electron chi connectivity index (χ4n) is 1.18. The van der Waals surface area contributed by atoms with Crippen molar-refractivity contribution in [3.8, 4) is 0 Å². The number of rotatable bonds is 8. The van der Waals surface area contributed by atoms with Gasteiger partial charge in [-0.05, 0) is 26.0 Å². The molecule has 0 bridgehead atoms. The molecule has 0 aromatic heterocycles. The summed E-state index contributed by atoms with van der Waals surface area (Å²) in [5.41, 5.74) is 0. The summed E-state index contributed by atoms with van der Waals surface area (Å²) in [5.74, 6) is -3.20. The van der Waals surface area contributed by atoms with Crippen molar-refractivity contribution in [2.45, 2.75) is 26.1 Å². The molecule has 0 saturated carbocycles. The predicted molar refractivity (Wildman–Crippen MR) is 77.5 cm³/mol. The normalized spacial score (nSPS) is 12.3. The third-order valence-corrected chi connectivity index (χ3v) is 2.28. The van der Waals surface area contributed by atoms with Crippen molar-refractivity contribution in [2.75, 3.05) is 13.1 Å². The molecule has 0 aliphatic carbocycles. The monoisotopic (exact) mass is 312 g/mol. The number of carbonyl (C=O) groups is 4. The lowest BCUT2D eigenvalue weighted by Crippen LogP contribution is -2.37. The van der Waals surface area contributed by atoms with Gasteiger partial charge < -0.3 is 20.1 Å². The van der Waals surface area contributed by atoms with Crippen LogP contribution < -0.4 is 10.6 Å². The zero-order valence-corrected chi connectivity index (χ0v) is 12.6. The second-order valence-corrected chi connectivity index (χ2v) is 4.33. The largest absolute Gasteiger partial charge is 0.452 e. The number of carbonyl (C=O) groups excluding carboxylic acids is 4. The van der Waals surface area contributed by atoms with Crippen molar-refractivity contribution in [2.24, 2.45) is 0 Å². The summed E-state index contributed by atoms with van der Waals surface area (Å²) in [7, 11) is 0. The van der Waals surface area contributed by atoms with Crippen molar-refractivity contribution < 1.29 is 28.7 Å². The van der Waals surface area contributed by atoms with E-state index in [1.165, 1.54) is 13.8 Å². The summed E-state index contributed by atoms with van der Waals surface area (Å²) >= 11 is 0.